The molecule has 2 bridgehead atoms. The number of nitrogens with zero attached hydrogens (tertiary/aromatic N) is 1. The summed E-state index contributed by atoms with van der Waals surface area (Å²) in [5.41, 5.74) is 2.55. The van der Waals surface area contributed by atoms with Gasteiger partial charge in [-0.3, -0.25) is 19.3 Å². The van der Waals surface area contributed by atoms with Gasteiger partial charge in [0.1, 0.15) is 6.04 Å². The lowest BCUT2D eigenvalue weighted by Crippen LogP contribution is -2.50. The number of carbonyl (C=O) groups is 4. The molecule has 7 nitrogen and oxygen atoms in total. The van der Waals surface area contributed by atoms with E-state index in [1.54, 1.807) is 13.8 Å². The molecule has 5 atom stereocenters. The fraction of sp³-hybridized carbons (Fsp3) is 0.500. The molecule has 1 saturated carbocycles. The lowest BCUT2D eigenvalue weighted by Gasteiger charge is -2.28. The smallest absolute Gasteiger partial charge is 0.330 e. The predicted octanol–water partition coefficient (Wildman–Crippen LogP) is 2.62. The number of hydrogen-bond acceptors (Lipinski definition) is 5. The first-order valence-electron chi connectivity index (χ1n) is 10.8. The fourth-order valence-corrected chi connectivity index (χ4v) is 5.15. The number of hydrogen-bond donors (Lipinski definition) is 1. The Labute approximate surface area is 181 Å². The van der Waals surface area contributed by atoms with Gasteiger partial charge in [0, 0.05) is 5.69 Å². The van der Waals surface area contributed by atoms with E-state index in [1.807, 2.05) is 44.2 Å². The van der Waals surface area contributed by atoms with Crippen LogP contribution in [0.2, 0.25) is 0 Å². The van der Waals surface area contributed by atoms with E-state index in [4.69, 9.17) is 4.74 Å². The highest BCUT2D eigenvalue weighted by Crippen LogP contribution is 2.53. The summed E-state index contributed by atoms with van der Waals surface area (Å²) in [6, 6.07) is 4.65. The molecule has 1 saturated heterocycles. The van der Waals surface area contributed by atoms with Gasteiger partial charge >= 0.3 is 5.97 Å². The van der Waals surface area contributed by atoms with E-state index in [9.17, 15) is 19.2 Å². The van der Waals surface area contributed by atoms with Crippen molar-refractivity contribution in [1.29, 1.82) is 0 Å². The van der Waals surface area contributed by atoms with E-state index >= 15 is 0 Å². The van der Waals surface area contributed by atoms with Gasteiger partial charge in [-0.05, 0) is 55.2 Å². The highest BCUT2D eigenvalue weighted by molar-refractivity contribution is 6.09. The van der Waals surface area contributed by atoms with Gasteiger partial charge in [0.15, 0.2) is 6.61 Å². The van der Waals surface area contributed by atoms with Crippen molar-refractivity contribution in [2.45, 2.75) is 40.2 Å². The molecule has 1 N–H and O–H groups in total. The molecular weight excluding hydrogens is 396 g/mol. The Kier molecular flexibility index (Phi) is 5.45. The Balaban J connectivity index is 1.43. The van der Waals surface area contributed by atoms with Gasteiger partial charge in [-0.2, -0.15) is 0 Å². The number of aryl methyl sites for hydroxylation is 2. The maximum absolute atomic E-state index is 13.1. The number of imide groups is 1. The van der Waals surface area contributed by atoms with E-state index in [2.05, 4.69) is 5.32 Å². The number of allylic oxidation sites excluding steroid dienone is 2. The molecular formula is C24H28N2O5. The molecule has 0 unspecified atom stereocenters. The van der Waals surface area contributed by atoms with E-state index in [0.29, 0.717) is 5.69 Å². The average molecular weight is 424 g/mol. The monoisotopic (exact) mass is 424 g/mol. The van der Waals surface area contributed by atoms with Crippen LogP contribution in [0.15, 0.2) is 30.4 Å². The molecule has 0 spiro atoms. The van der Waals surface area contributed by atoms with Crippen molar-refractivity contribution in [3.05, 3.63) is 41.5 Å². The lowest BCUT2D eigenvalue weighted by atomic mass is 9.85. The average Bonchev–Trinajstić information content (AvgIpc) is 3.39. The Bertz CT molecular complexity index is 952. The fourth-order valence-electron chi connectivity index (χ4n) is 5.15. The van der Waals surface area contributed by atoms with Crippen LogP contribution in [0.4, 0.5) is 5.69 Å². The van der Waals surface area contributed by atoms with Gasteiger partial charge in [0.2, 0.25) is 11.8 Å². The van der Waals surface area contributed by atoms with Gasteiger partial charge in [-0.15, -0.1) is 0 Å². The standard InChI is InChI=1S/C24H28N2O5/c1-12(2)21(26-22(28)19-15-7-8-16(10-15)20(19)23(26)29)24(30)31-11-18(27)25-17-9-13(3)5-6-14(17)4/h5-9,12,15-16,19-21H,10-11H2,1-4H3,(H,25,27)/t15-,16-,19-,20+,21-/m0/s1. The molecule has 1 aliphatic heterocycles. The highest BCUT2D eigenvalue weighted by atomic mass is 16.5. The molecule has 7 heteroatoms. The predicted molar refractivity (Wildman–Crippen MR) is 114 cm³/mol. The molecule has 0 radical (unpaired) electrons. The zero-order valence-corrected chi connectivity index (χ0v) is 18.3. The molecule has 2 aliphatic carbocycles. The molecule has 3 amide bonds. The van der Waals surface area contributed by atoms with Crippen LogP contribution in [-0.4, -0.2) is 41.2 Å². The topological polar surface area (TPSA) is 92.8 Å². The van der Waals surface area contributed by atoms with Gasteiger partial charge < -0.3 is 10.1 Å². The van der Waals surface area contributed by atoms with Gasteiger partial charge in [0.25, 0.3) is 5.91 Å². The minimum Gasteiger partial charge on any atom is -0.454 e. The molecule has 1 heterocycles. The first-order chi connectivity index (χ1) is 14.7. The number of benzene rings is 1. The molecule has 164 valence electrons. The number of esters is 1. The van der Waals surface area contributed by atoms with Gasteiger partial charge in [-0.1, -0.05) is 38.1 Å². The third kappa shape index (κ3) is 3.66. The quantitative estimate of drug-likeness (QED) is 0.431. The lowest BCUT2D eigenvalue weighted by molar-refractivity contribution is -0.162. The van der Waals surface area contributed by atoms with Crippen LogP contribution >= 0.6 is 0 Å². The summed E-state index contributed by atoms with van der Waals surface area (Å²) in [4.78, 5) is 52.5. The number of amides is 3. The summed E-state index contributed by atoms with van der Waals surface area (Å²) in [7, 11) is 0. The maximum Gasteiger partial charge on any atom is 0.330 e. The van der Waals surface area contributed by atoms with E-state index < -0.39 is 24.5 Å². The summed E-state index contributed by atoms with van der Waals surface area (Å²) in [5.74, 6) is -2.70. The van der Waals surface area contributed by atoms with Crippen LogP contribution in [0.5, 0.6) is 0 Å². The second kappa shape index (κ2) is 7.94. The van der Waals surface area contributed by atoms with Crippen LogP contribution < -0.4 is 5.32 Å². The third-order valence-corrected chi connectivity index (χ3v) is 6.67. The van der Waals surface area contributed by atoms with Crippen molar-refractivity contribution < 1.29 is 23.9 Å². The van der Waals surface area contributed by atoms with E-state index in [0.717, 1.165) is 22.4 Å². The van der Waals surface area contributed by atoms with Crippen molar-refractivity contribution >= 4 is 29.4 Å². The van der Waals surface area contributed by atoms with E-state index in [-0.39, 0.29) is 41.4 Å². The molecule has 3 aliphatic rings. The van der Waals surface area contributed by atoms with E-state index in [1.165, 1.54) is 0 Å². The Hall–Kier alpha value is -2.96. The maximum atomic E-state index is 13.1. The first-order valence-corrected chi connectivity index (χ1v) is 10.8. The second-order valence-electron chi connectivity index (χ2n) is 9.21. The number of fused-ring (bicyclic) bond motifs is 5. The normalized spacial score (nSPS) is 27.1. The van der Waals surface area contributed by atoms with Crippen molar-refractivity contribution in [1.82, 2.24) is 4.90 Å². The third-order valence-electron chi connectivity index (χ3n) is 6.67. The Morgan fingerprint density at radius 1 is 1.10 bits per heavy atom. The number of nitrogens with one attached hydrogen (secondary N) is 1. The van der Waals surface area contributed by atoms with Crippen molar-refractivity contribution in [3.8, 4) is 0 Å². The zero-order valence-electron chi connectivity index (χ0n) is 18.3. The number of anilines is 1. The molecule has 0 aromatic heterocycles. The number of ether oxygens (including phenoxy) is 1. The van der Waals surface area contributed by atoms with Gasteiger partial charge in [-0.25, -0.2) is 4.79 Å². The van der Waals surface area contributed by atoms with Crippen LogP contribution in [-0.2, 0) is 23.9 Å². The Morgan fingerprint density at radius 2 is 1.71 bits per heavy atom. The largest absolute Gasteiger partial charge is 0.454 e. The van der Waals surface area contributed by atoms with Crippen molar-refractivity contribution in [2.75, 3.05) is 11.9 Å². The molecule has 31 heavy (non-hydrogen) atoms. The molecule has 1 aromatic carbocycles. The number of likely N-dealkylation sites (tertiary alicyclic amines) is 1. The number of rotatable bonds is 6. The highest BCUT2D eigenvalue weighted by Gasteiger charge is 2.61. The first kappa shape index (κ1) is 21.3. The summed E-state index contributed by atoms with van der Waals surface area (Å²) in [6.45, 7) is 6.85. The van der Waals surface area contributed by atoms with Crippen LogP contribution in [0, 0.1) is 43.4 Å². The second-order valence-corrected chi connectivity index (χ2v) is 9.21. The minimum atomic E-state index is -1.03. The summed E-state index contributed by atoms with van der Waals surface area (Å²) in [5, 5.41) is 2.74. The van der Waals surface area contributed by atoms with Crippen molar-refractivity contribution in [2.24, 2.45) is 29.6 Å². The van der Waals surface area contributed by atoms with Crippen LogP contribution in [0.3, 0.4) is 0 Å². The zero-order chi connectivity index (χ0) is 22.4. The minimum absolute atomic E-state index is 0.0728. The van der Waals surface area contributed by atoms with Crippen molar-refractivity contribution in [3.63, 3.8) is 0 Å². The number of carbonyl (C=O) groups excluding carboxylic acids is 4. The summed E-state index contributed by atoms with van der Waals surface area (Å²) >= 11 is 0. The molecule has 2 fully saturated rings. The van der Waals surface area contributed by atoms with Crippen LogP contribution in [0.25, 0.3) is 0 Å². The SMILES string of the molecule is Cc1ccc(C)c(NC(=O)COC(=O)[C@H](C(C)C)N2C(=O)[C@@H]3[C@H](C2=O)[C@H]2C=C[C@H]3C2)c1. The summed E-state index contributed by atoms with van der Waals surface area (Å²) in [6.07, 6.45) is 4.86. The molecule has 1 aromatic rings. The summed E-state index contributed by atoms with van der Waals surface area (Å²) < 4.78 is 5.26. The van der Waals surface area contributed by atoms with Gasteiger partial charge in [0.05, 0.1) is 11.8 Å². The Morgan fingerprint density at radius 3 is 2.29 bits per heavy atom. The molecule has 4 rings (SSSR count). The van der Waals surface area contributed by atoms with Crippen LogP contribution in [0.1, 0.15) is 31.4 Å².